The number of nitro groups is 1. The first kappa shape index (κ1) is 24.7. The molecular weight excluding hydrogens is 458 g/mol. The summed E-state index contributed by atoms with van der Waals surface area (Å²) in [4.78, 5) is 42.2. The second-order valence-corrected chi connectivity index (χ2v) is 8.70. The van der Waals surface area contributed by atoms with Gasteiger partial charge in [-0.15, -0.1) is 0 Å². The van der Waals surface area contributed by atoms with Crippen LogP contribution in [0.2, 0.25) is 0 Å². The van der Waals surface area contributed by atoms with Crippen molar-refractivity contribution in [1.82, 2.24) is 10.2 Å². The summed E-state index contributed by atoms with van der Waals surface area (Å²) in [5, 5.41) is 17.5. The van der Waals surface area contributed by atoms with Crippen LogP contribution < -0.4 is 10.6 Å². The molecule has 2 amide bonds. The average molecular weight is 486 g/mol. The molecule has 3 aromatic carbocycles. The quantitative estimate of drug-likeness (QED) is 0.205. The van der Waals surface area contributed by atoms with Crippen molar-refractivity contribution in [2.45, 2.75) is 18.9 Å². The Bertz CT molecular complexity index is 1320. The summed E-state index contributed by atoms with van der Waals surface area (Å²) >= 11 is 0. The summed E-state index contributed by atoms with van der Waals surface area (Å²) < 4.78 is 0. The Labute approximate surface area is 209 Å². The van der Waals surface area contributed by atoms with Gasteiger partial charge in [-0.3, -0.25) is 24.7 Å². The van der Waals surface area contributed by atoms with Crippen LogP contribution in [0.3, 0.4) is 0 Å². The van der Waals surface area contributed by atoms with Gasteiger partial charge in [-0.05, 0) is 29.3 Å². The molecule has 0 aliphatic carbocycles. The molecule has 0 radical (unpaired) electrons. The van der Waals surface area contributed by atoms with Crippen LogP contribution in [-0.4, -0.2) is 48.0 Å². The van der Waals surface area contributed by atoms with Crippen LogP contribution in [0.25, 0.3) is 0 Å². The number of non-ortho nitro benzene ring substituents is 1. The van der Waals surface area contributed by atoms with Crippen LogP contribution in [0.4, 0.5) is 17.1 Å². The number of carbonyl (C=O) groups excluding carboxylic acids is 2. The summed E-state index contributed by atoms with van der Waals surface area (Å²) in [6, 6.07) is 21.3. The topological polar surface area (TPSA) is 117 Å². The minimum Gasteiger partial charge on any atom is -0.349 e. The highest BCUT2D eigenvalue weighted by Crippen LogP contribution is 2.38. The van der Waals surface area contributed by atoms with Crippen LogP contribution in [0, 0.1) is 10.1 Å². The maximum Gasteiger partial charge on any atom is 0.269 e. The van der Waals surface area contributed by atoms with Crippen LogP contribution in [0.5, 0.6) is 0 Å². The molecule has 1 atom stereocenters. The van der Waals surface area contributed by atoms with E-state index in [0.717, 1.165) is 11.1 Å². The van der Waals surface area contributed by atoms with Gasteiger partial charge in [0.25, 0.3) is 5.69 Å². The smallest absolute Gasteiger partial charge is 0.269 e. The van der Waals surface area contributed by atoms with E-state index >= 15 is 0 Å². The number of aliphatic imine (C=N–C) groups is 1. The Balaban J connectivity index is 1.65. The maximum atomic E-state index is 13.1. The molecule has 0 saturated carbocycles. The van der Waals surface area contributed by atoms with Crippen molar-refractivity contribution in [2.24, 2.45) is 4.99 Å². The number of amides is 2. The molecule has 0 bridgehead atoms. The third-order valence-corrected chi connectivity index (χ3v) is 5.92. The number of anilines is 1. The fourth-order valence-corrected chi connectivity index (χ4v) is 4.07. The van der Waals surface area contributed by atoms with Gasteiger partial charge in [-0.1, -0.05) is 42.5 Å². The molecule has 1 aliphatic rings. The molecule has 1 unspecified atom stereocenters. The third-order valence-electron chi connectivity index (χ3n) is 5.92. The first-order valence-electron chi connectivity index (χ1n) is 11.6. The summed E-state index contributed by atoms with van der Waals surface area (Å²) in [6.07, 6.45) is 0.408. The monoisotopic (exact) mass is 485 g/mol. The van der Waals surface area contributed by atoms with Crippen LogP contribution in [0.15, 0.2) is 77.8 Å². The van der Waals surface area contributed by atoms with Crippen molar-refractivity contribution in [1.29, 1.82) is 0 Å². The van der Waals surface area contributed by atoms with Gasteiger partial charge in [0.1, 0.15) is 5.92 Å². The standard InChI is InChI=1S/C27H27N5O4/c1-31(2)24(33)13-14-28-17-18-7-6-10-20(15-18)29-26(19-8-4-3-5-9-19)25-22-16-21(32(35)36)11-12-23(22)30-27(25)34/h3-12,15-16,25,28H,13-14,17H2,1-2H3,(H,30,34). The molecule has 0 aromatic heterocycles. The highest BCUT2D eigenvalue weighted by molar-refractivity contribution is 6.24. The van der Waals surface area contributed by atoms with E-state index in [1.54, 1.807) is 25.1 Å². The lowest BCUT2D eigenvalue weighted by atomic mass is 9.90. The van der Waals surface area contributed by atoms with Crippen molar-refractivity contribution >= 4 is 34.6 Å². The second-order valence-electron chi connectivity index (χ2n) is 8.70. The van der Waals surface area contributed by atoms with Gasteiger partial charge in [-0.2, -0.15) is 0 Å². The molecule has 9 heteroatoms. The Hall–Kier alpha value is -4.37. The number of nitrogens with one attached hydrogen (secondary N) is 2. The molecular formula is C27H27N5O4. The van der Waals surface area contributed by atoms with Crippen molar-refractivity contribution in [3.05, 3.63) is 99.6 Å². The van der Waals surface area contributed by atoms with E-state index in [-0.39, 0.29) is 17.5 Å². The van der Waals surface area contributed by atoms with Gasteiger partial charge in [-0.25, -0.2) is 0 Å². The molecule has 1 aliphatic heterocycles. The number of carbonyl (C=O) groups is 2. The van der Waals surface area contributed by atoms with Gasteiger partial charge in [0.05, 0.1) is 16.3 Å². The van der Waals surface area contributed by atoms with E-state index in [9.17, 15) is 19.7 Å². The molecule has 1 heterocycles. The number of benzene rings is 3. The lowest BCUT2D eigenvalue weighted by Gasteiger charge is -2.14. The number of hydrogen-bond acceptors (Lipinski definition) is 6. The molecule has 0 fully saturated rings. The molecule has 184 valence electrons. The first-order chi connectivity index (χ1) is 17.3. The van der Waals surface area contributed by atoms with Gasteiger partial charge in [0.2, 0.25) is 11.8 Å². The largest absolute Gasteiger partial charge is 0.349 e. The average Bonchev–Trinajstić information content (AvgIpc) is 3.20. The lowest BCUT2D eigenvalue weighted by molar-refractivity contribution is -0.384. The minimum absolute atomic E-state index is 0.0590. The van der Waals surface area contributed by atoms with Gasteiger partial charge in [0, 0.05) is 57.0 Å². The van der Waals surface area contributed by atoms with Crippen molar-refractivity contribution in [2.75, 3.05) is 26.0 Å². The van der Waals surface area contributed by atoms with Gasteiger partial charge >= 0.3 is 0 Å². The van der Waals surface area contributed by atoms with Crippen LogP contribution in [-0.2, 0) is 16.1 Å². The van der Waals surface area contributed by atoms with E-state index in [0.29, 0.717) is 42.2 Å². The van der Waals surface area contributed by atoms with Crippen LogP contribution in [0.1, 0.15) is 29.0 Å². The van der Waals surface area contributed by atoms with E-state index in [2.05, 4.69) is 10.6 Å². The summed E-state index contributed by atoms with van der Waals surface area (Å²) in [5.74, 6) is -1.01. The van der Waals surface area contributed by atoms with Crippen molar-refractivity contribution < 1.29 is 14.5 Å². The number of nitro benzene ring substituents is 1. The summed E-state index contributed by atoms with van der Waals surface area (Å²) in [5.41, 5.74) is 3.89. The number of rotatable bonds is 9. The molecule has 36 heavy (non-hydrogen) atoms. The Morgan fingerprint density at radius 2 is 1.86 bits per heavy atom. The van der Waals surface area contributed by atoms with E-state index in [1.807, 2.05) is 54.6 Å². The Kier molecular flexibility index (Phi) is 7.50. The molecule has 9 nitrogen and oxygen atoms in total. The van der Waals surface area contributed by atoms with E-state index in [1.165, 1.54) is 12.1 Å². The second kappa shape index (κ2) is 10.9. The zero-order valence-corrected chi connectivity index (χ0v) is 20.1. The summed E-state index contributed by atoms with van der Waals surface area (Å²) in [6.45, 7) is 1.11. The minimum atomic E-state index is -0.791. The van der Waals surface area contributed by atoms with E-state index < -0.39 is 10.8 Å². The highest BCUT2D eigenvalue weighted by atomic mass is 16.6. The first-order valence-corrected chi connectivity index (χ1v) is 11.6. The third kappa shape index (κ3) is 5.64. The fraction of sp³-hybridized carbons (Fsp3) is 0.222. The Morgan fingerprint density at radius 3 is 2.58 bits per heavy atom. The molecule has 0 saturated heterocycles. The number of fused-ring (bicyclic) bond motifs is 1. The summed E-state index contributed by atoms with van der Waals surface area (Å²) in [7, 11) is 3.46. The maximum absolute atomic E-state index is 13.1. The fourth-order valence-electron chi connectivity index (χ4n) is 4.07. The SMILES string of the molecule is CN(C)C(=O)CCNCc1cccc(N=C(c2ccccc2)C2C(=O)Nc3ccc([N+](=O)[O-])cc32)c1. The van der Waals surface area contributed by atoms with Crippen LogP contribution >= 0.6 is 0 Å². The molecule has 2 N–H and O–H groups in total. The predicted octanol–water partition coefficient (Wildman–Crippen LogP) is 4.02. The zero-order valence-electron chi connectivity index (χ0n) is 20.1. The Morgan fingerprint density at radius 1 is 1.08 bits per heavy atom. The highest BCUT2D eigenvalue weighted by Gasteiger charge is 2.36. The van der Waals surface area contributed by atoms with Gasteiger partial charge < -0.3 is 15.5 Å². The normalized spacial score (nSPS) is 14.8. The molecule has 4 rings (SSSR count). The van der Waals surface area contributed by atoms with E-state index in [4.69, 9.17) is 4.99 Å². The number of nitrogens with zero attached hydrogens (tertiary/aromatic N) is 3. The molecule has 3 aromatic rings. The molecule has 0 spiro atoms. The zero-order chi connectivity index (χ0) is 25.7. The predicted molar refractivity (Wildman–Crippen MR) is 139 cm³/mol. The van der Waals surface area contributed by atoms with Gasteiger partial charge in [0.15, 0.2) is 0 Å². The lowest BCUT2D eigenvalue weighted by Crippen LogP contribution is -2.26. The van der Waals surface area contributed by atoms with Crippen molar-refractivity contribution in [3.8, 4) is 0 Å². The number of hydrogen-bond donors (Lipinski definition) is 2. The van der Waals surface area contributed by atoms with Crippen molar-refractivity contribution in [3.63, 3.8) is 0 Å².